The third-order valence-corrected chi connectivity index (χ3v) is 7.41. The van der Waals surface area contributed by atoms with Crippen molar-refractivity contribution in [3.05, 3.63) is 63.8 Å². The fraction of sp³-hybridized carbons (Fsp3) is 0.385. The van der Waals surface area contributed by atoms with Crippen molar-refractivity contribution in [3.63, 3.8) is 0 Å². The van der Waals surface area contributed by atoms with Gasteiger partial charge in [-0.2, -0.15) is 0 Å². The molecule has 2 heterocycles. The molecule has 1 saturated carbocycles. The zero-order chi connectivity index (χ0) is 25.7. The predicted molar refractivity (Wildman–Crippen MR) is 137 cm³/mol. The number of aromatic nitrogens is 2. The zero-order valence-electron chi connectivity index (χ0n) is 20.1. The van der Waals surface area contributed by atoms with Crippen molar-refractivity contribution in [3.8, 4) is 16.5 Å². The van der Waals surface area contributed by atoms with Crippen molar-refractivity contribution in [1.29, 1.82) is 0 Å². The van der Waals surface area contributed by atoms with Gasteiger partial charge in [0.2, 0.25) is 0 Å². The van der Waals surface area contributed by atoms with E-state index in [1.807, 2.05) is 37.3 Å². The molecule has 0 saturated heterocycles. The highest BCUT2D eigenvalue weighted by atomic mass is 35.5. The molecule has 1 aliphatic rings. The third kappa shape index (κ3) is 6.53. The second-order valence-electron chi connectivity index (χ2n) is 8.89. The lowest BCUT2D eigenvalue weighted by molar-refractivity contribution is -0.143. The van der Waals surface area contributed by atoms with Crippen molar-refractivity contribution in [2.45, 2.75) is 51.9 Å². The molecule has 0 bridgehead atoms. The lowest BCUT2D eigenvalue weighted by atomic mass is 9.87. The molecule has 2 aromatic heterocycles. The van der Waals surface area contributed by atoms with Crippen LogP contribution in [0.1, 0.15) is 42.5 Å². The average molecular weight is 530 g/mol. The van der Waals surface area contributed by atoms with Gasteiger partial charge in [0.15, 0.2) is 11.6 Å². The zero-order valence-corrected chi connectivity index (χ0v) is 21.7. The van der Waals surface area contributed by atoms with E-state index in [4.69, 9.17) is 21.1 Å². The van der Waals surface area contributed by atoms with Crippen LogP contribution in [0.15, 0.2) is 42.6 Å². The number of thiophene rings is 1. The molecule has 1 aliphatic carbocycles. The maximum absolute atomic E-state index is 12.5. The van der Waals surface area contributed by atoms with Crippen molar-refractivity contribution < 1.29 is 24.2 Å². The van der Waals surface area contributed by atoms with Crippen molar-refractivity contribution in [1.82, 2.24) is 14.9 Å². The highest BCUT2D eigenvalue weighted by Crippen LogP contribution is 2.36. The Kier molecular flexibility index (Phi) is 8.43. The Morgan fingerprint density at radius 1 is 1.25 bits per heavy atom. The molecule has 2 atom stereocenters. The van der Waals surface area contributed by atoms with E-state index >= 15 is 0 Å². The molecule has 0 spiro atoms. The number of carbonyl (C=O) groups is 2. The van der Waals surface area contributed by atoms with E-state index in [9.17, 15) is 14.7 Å². The number of aliphatic carboxylic acids is 1. The Hall–Kier alpha value is -3.17. The topological polar surface area (TPSA) is 102 Å². The molecule has 8 nitrogen and oxygen atoms in total. The van der Waals surface area contributed by atoms with Gasteiger partial charge in [-0.1, -0.05) is 41.9 Å². The summed E-state index contributed by atoms with van der Waals surface area (Å²) in [6, 6.07) is 11.4. The molecule has 1 amide bonds. The van der Waals surface area contributed by atoms with Crippen molar-refractivity contribution in [2.75, 3.05) is 7.05 Å². The van der Waals surface area contributed by atoms with E-state index in [0.717, 1.165) is 28.8 Å². The van der Waals surface area contributed by atoms with Crippen LogP contribution in [0.5, 0.6) is 5.75 Å². The normalized spacial score (nSPS) is 17.4. The number of amides is 1. The van der Waals surface area contributed by atoms with Crippen LogP contribution in [0, 0.1) is 12.8 Å². The van der Waals surface area contributed by atoms with Gasteiger partial charge in [-0.15, -0.1) is 11.3 Å². The molecule has 3 aromatic rings. The number of hydrogen-bond acceptors (Lipinski definition) is 7. The van der Waals surface area contributed by atoms with E-state index in [-0.39, 0.29) is 18.6 Å². The summed E-state index contributed by atoms with van der Waals surface area (Å²) >= 11 is 7.59. The Morgan fingerprint density at radius 3 is 2.75 bits per heavy atom. The number of carbonyl (C=O) groups excluding carboxylic acids is 1. The molecule has 0 unspecified atom stereocenters. The number of halogens is 1. The first-order chi connectivity index (χ1) is 17.3. The summed E-state index contributed by atoms with van der Waals surface area (Å²) in [4.78, 5) is 35.2. The first-order valence-electron chi connectivity index (χ1n) is 11.7. The summed E-state index contributed by atoms with van der Waals surface area (Å²) in [5, 5.41) is 9.32. The van der Waals surface area contributed by atoms with Gasteiger partial charge in [-0.3, -0.25) is 4.79 Å². The smallest absolute Gasteiger partial charge is 0.410 e. The summed E-state index contributed by atoms with van der Waals surface area (Å²) in [7, 11) is 1.69. The number of carboxylic acid groups (broad SMARTS) is 1. The number of benzene rings is 1. The largest absolute Gasteiger partial charge is 0.487 e. The quantitative estimate of drug-likeness (QED) is 0.384. The summed E-state index contributed by atoms with van der Waals surface area (Å²) in [6.07, 6.45) is 3.77. The molecule has 4 rings (SSSR count). The third-order valence-electron chi connectivity index (χ3n) is 6.11. The Balaban J connectivity index is 1.41. The molecule has 1 fully saturated rings. The molecule has 190 valence electrons. The van der Waals surface area contributed by atoms with Crippen LogP contribution < -0.4 is 4.74 Å². The standard InChI is InChI=1S/C26H28ClN3O5S/c1-16-21(35-20-10-6-9-18(11-20)25(31)32)13-28-24(29-16)23-19(12-22(27)36-23)15-34-26(33)30(2)14-17-7-4-3-5-8-17/h3-5,7-8,12-13,18,20H,6,9-11,14-15H2,1-2H3,(H,31,32)/t18-,20-/m0/s1. The lowest BCUT2D eigenvalue weighted by Crippen LogP contribution is -2.29. The van der Waals surface area contributed by atoms with Crippen LogP contribution in [-0.2, 0) is 22.7 Å². The van der Waals surface area contributed by atoms with Gasteiger partial charge < -0.3 is 19.5 Å². The second-order valence-corrected chi connectivity index (χ2v) is 10.6. The molecule has 1 aromatic carbocycles. The predicted octanol–water partition coefficient (Wildman–Crippen LogP) is 5.96. The van der Waals surface area contributed by atoms with Gasteiger partial charge >= 0.3 is 12.1 Å². The van der Waals surface area contributed by atoms with Gasteiger partial charge in [0.05, 0.1) is 33.1 Å². The maximum atomic E-state index is 12.5. The van der Waals surface area contributed by atoms with Crippen LogP contribution >= 0.6 is 22.9 Å². The van der Waals surface area contributed by atoms with Crippen LogP contribution in [0.2, 0.25) is 4.34 Å². The first kappa shape index (κ1) is 25.9. The van der Waals surface area contributed by atoms with Crippen molar-refractivity contribution in [2.24, 2.45) is 5.92 Å². The molecular formula is C26H28ClN3O5S. The Bertz CT molecular complexity index is 1220. The summed E-state index contributed by atoms with van der Waals surface area (Å²) in [6.45, 7) is 2.30. The number of carboxylic acids is 1. The first-order valence-corrected chi connectivity index (χ1v) is 12.9. The van der Waals surface area contributed by atoms with E-state index in [2.05, 4.69) is 9.97 Å². The number of ether oxygens (including phenoxy) is 2. The van der Waals surface area contributed by atoms with Crippen LogP contribution in [0.3, 0.4) is 0 Å². The number of nitrogens with zero attached hydrogens (tertiary/aromatic N) is 3. The Labute approximate surface area is 218 Å². The molecular weight excluding hydrogens is 502 g/mol. The highest BCUT2D eigenvalue weighted by Gasteiger charge is 2.28. The van der Waals surface area contributed by atoms with Gasteiger partial charge in [-0.05, 0) is 44.2 Å². The Morgan fingerprint density at radius 2 is 2.03 bits per heavy atom. The number of hydrogen-bond donors (Lipinski definition) is 1. The van der Waals surface area contributed by atoms with Crippen molar-refractivity contribution >= 4 is 35.0 Å². The van der Waals surface area contributed by atoms with E-state index < -0.39 is 12.1 Å². The van der Waals surface area contributed by atoms with Gasteiger partial charge in [0.25, 0.3) is 0 Å². The molecule has 0 aliphatic heterocycles. The van der Waals surface area contributed by atoms with Gasteiger partial charge in [0, 0.05) is 19.2 Å². The fourth-order valence-electron chi connectivity index (χ4n) is 4.20. The van der Waals surface area contributed by atoms with E-state index in [1.165, 1.54) is 16.2 Å². The minimum Gasteiger partial charge on any atom is -0.487 e. The summed E-state index contributed by atoms with van der Waals surface area (Å²) < 4.78 is 12.1. The van der Waals surface area contributed by atoms with Crippen LogP contribution in [-0.4, -0.2) is 45.2 Å². The monoisotopic (exact) mass is 529 g/mol. The second kappa shape index (κ2) is 11.7. The van der Waals surface area contributed by atoms with Crippen LogP contribution in [0.25, 0.3) is 10.7 Å². The summed E-state index contributed by atoms with van der Waals surface area (Å²) in [5.41, 5.74) is 2.37. The maximum Gasteiger partial charge on any atom is 0.410 e. The lowest BCUT2D eigenvalue weighted by Gasteiger charge is -2.27. The molecule has 10 heteroatoms. The van der Waals surface area contributed by atoms with Crippen LogP contribution in [0.4, 0.5) is 4.79 Å². The minimum atomic E-state index is -0.777. The van der Waals surface area contributed by atoms with E-state index in [0.29, 0.717) is 41.0 Å². The summed E-state index contributed by atoms with van der Waals surface area (Å²) in [5.74, 6) is -0.157. The molecule has 36 heavy (non-hydrogen) atoms. The number of aryl methyl sites for hydroxylation is 1. The molecule has 0 radical (unpaired) electrons. The molecule has 1 N–H and O–H groups in total. The minimum absolute atomic E-state index is 0.0375. The highest BCUT2D eigenvalue weighted by molar-refractivity contribution is 7.19. The van der Waals surface area contributed by atoms with Gasteiger partial charge in [0.1, 0.15) is 6.61 Å². The van der Waals surface area contributed by atoms with Gasteiger partial charge in [-0.25, -0.2) is 14.8 Å². The fourth-order valence-corrected chi connectivity index (χ4v) is 5.40. The van der Waals surface area contributed by atoms with E-state index in [1.54, 1.807) is 19.3 Å². The number of rotatable bonds is 8. The average Bonchev–Trinajstić information content (AvgIpc) is 3.25. The SMILES string of the molecule is Cc1nc(-c2sc(Cl)cc2COC(=O)N(C)Cc2ccccc2)ncc1O[C@H]1CCC[C@H](C(=O)O)C1.